The molecule has 0 bridgehead atoms. The minimum Gasteiger partial charge on any atom is -0.318 e. The number of aromatic nitrogens is 2. The van der Waals surface area contributed by atoms with Gasteiger partial charge in [0.15, 0.2) is 11.0 Å². The maximum absolute atomic E-state index is 4.56. The van der Waals surface area contributed by atoms with Crippen LogP contribution in [0.1, 0.15) is 26.7 Å². The van der Waals surface area contributed by atoms with Gasteiger partial charge in [0.1, 0.15) is 0 Å². The Hall–Kier alpha value is -0.970. The number of aryl methyl sites for hydroxylation is 1. The van der Waals surface area contributed by atoms with E-state index < -0.39 is 0 Å². The van der Waals surface area contributed by atoms with Gasteiger partial charge < -0.3 is 5.32 Å². The molecule has 2 rings (SSSR count). The first-order chi connectivity index (χ1) is 8.22. The number of rotatable bonds is 4. The molecule has 1 aliphatic rings. The van der Waals surface area contributed by atoms with Gasteiger partial charge in [-0.15, -0.1) is 0 Å². The van der Waals surface area contributed by atoms with Crippen LogP contribution in [0.5, 0.6) is 0 Å². The lowest BCUT2D eigenvalue weighted by Crippen LogP contribution is -2.17. The van der Waals surface area contributed by atoms with Gasteiger partial charge in [0.05, 0.1) is 6.54 Å². The molecule has 0 spiro atoms. The molecule has 5 heteroatoms. The second kappa shape index (κ2) is 5.58. The van der Waals surface area contributed by atoms with E-state index in [1.165, 1.54) is 12.8 Å². The molecule has 1 aromatic heterocycles. The summed E-state index contributed by atoms with van der Waals surface area (Å²) in [5.74, 6) is 1.65. The summed E-state index contributed by atoms with van der Waals surface area (Å²) in [5, 5.41) is 9.22. The fraction of sp³-hybridized carbons (Fsp3) is 0.667. The molecule has 0 aliphatic carbocycles. The molecule has 0 radical (unpaired) electrons. The summed E-state index contributed by atoms with van der Waals surface area (Å²) in [5.41, 5.74) is 0. The van der Waals surface area contributed by atoms with Gasteiger partial charge in [-0.1, -0.05) is 38.5 Å². The second-order valence-electron chi connectivity index (χ2n) is 4.38. The van der Waals surface area contributed by atoms with Crippen LogP contribution in [-0.4, -0.2) is 26.7 Å². The van der Waals surface area contributed by atoms with E-state index >= 15 is 0 Å². The lowest BCUT2D eigenvalue weighted by molar-refractivity contribution is 0.479. The summed E-state index contributed by atoms with van der Waals surface area (Å²) in [6.45, 7) is 5.46. The van der Waals surface area contributed by atoms with E-state index in [0.717, 1.165) is 23.4 Å². The Morgan fingerprint density at radius 3 is 2.88 bits per heavy atom. The third-order valence-corrected chi connectivity index (χ3v) is 4.49. The molecule has 0 amide bonds. The number of nitrogens with one attached hydrogen (secondary N) is 1. The van der Waals surface area contributed by atoms with Gasteiger partial charge in [-0.25, -0.2) is 0 Å². The highest BCUT2D eigenvalue weighted by molar-refractivity contribution is 8.15. The summed E-state index contributed by atoms with van der Waals surface area (Å²) in [4.78, 5) is 4.56. The van der Waals surface area contributed by atoms with Crippen molar-refractivity contribution in [1.29, 1.82) is 0 Å². The average molecular weight is 252 g/mol. The van der Waals surface area contributed by atoms with Crippen LogP contribution in [0.4, 0.5) is 5.82 Å². The highest BCUT2D eigenvalue weighted by Gasteiger charge is 2.26. The molecule has 94 valence electrons. The predicted octanol–water partition coefficient (Wildman–Crippen LogP) is 2.74. The van der Waals surface area contributed by atoms with E-state index in [-0.39, 0.29) is 0 Å². The summed E-state index contributed by atoms with van der Waals surface area (Å²) in [6.07, 6.45) is 4.40. The smallest absolute Gasteiger partial charge is 0.162 e. The van der Waals surface area contributed by atoms with Crippen LogP contribution in [0, 0.1) is 5.92 Å². The quantitative estimate of drug-likeness (QED) is 0.896. The molecule has 1 unspecified atom stereocenters. The summed E-state index contributed by atoms with van der Waals surface area (Å²) in [6, 6.07) is 1.97. The van der Waals surface area contributed by atoms with Crippen molar-refractivity contribution in [2.75, 3.05) is 11.9 Å². The lowest BCUT2D eigenvalue weighted by Gasteiger charge is -2.18. The topological polar surface area (TPSA) is 42.2 Å². The van der Waals surface area contributed by atoms with Crippen molar-refractivity contribution in [1.82, 2.24) is 9.78 Å². The molecule has 2 heterocycles. The van der Waals surface area contributed by atoms with Crippen LogP contribution in [-0.2, 0) is 7.05 Å². The Morgan fingerprint density at radius 2 is 2.29 bits per heavy atom. The van der Waals surface area contributed by atoms with Gasteiger partial charge in [0.25, 0.3) is 0 Å². The zero-order chi connectivity index (χ0) is 12.3. The van der Waals surface area contributed by atoms with Crippen molar-refractivity contribution >= 4 is 22.7 Å². The van der Waals surface area contributed by atoms with E-state index in [1.54, 1.807) is 4.68 Å². The first kappa shape index (κ1) is 12.5. The van der Waals surface area contributed by atoms with E-state index in [2.05, 4.69) is 29.3 Å². The van der Waals surface area contributed by atoms with Gasteiger partial charge in [-0.3, -0.25) is 9.67 Å². The van der Waals surface area contributed by atoms with Crippen LogP contribution in [0.2, 0.25) is 0 Å². The first-order valence-electron chi connectivity index (χ1n) is 6.20. The Kier molecular flexibility index (Phi) is 4.10. The van der Waals surface area contributed by atoms with Gasteiger partial charge in [0.2, 0.25) is 0 Å². The maximum Gasteiger partial charge on any atom is 0.162 e. The highest BCUT2D eigenvalue weighted by atomic mass is 32.2. The molecule has 1 aromatic rings. The molecule has 1 aliphatic heterocycles. The van der Waals surface area contributed by atoms with Crippen molar-refractivity contribution in [2.45, 2.75) is 31.9 Å². The van der Waals surface area contributed by atoms with Gasteiger partial charge in [-0.05, 0) is 5.92 Å². The number of amidine groups is 1. The number of anilines is 1. The summed E-state index contributed by atoms with van der Waals surface area (Å²) >= 11 is 1.86. The van der Waals surface area contributed by atoms with Gasteiger partial charge >= 0.3 is 0 Å². The van der Waals surface area contributed by atoms with Crippen LogP contribution in [0.15, 0.2) is 17.3 Å². The van der Waals surface area contributed by atoms with Crippen LogP contribution in [0.3, 0.4) is 0 Å². The standard InChI is InChI=1S/C12H20N4S/c1-4-9(5-2)10-8-13-12(17-10)14-11-6-7-16(3)15-11/h6-7,9-10H,4-5,8H2,1-3H3,(H,13,14,15). The molecule has 0 aromatic carbocycles. The largest absolute Gasteiger partial charge is 0.318 e. The number of aliphatic imine (C=N–C) groups is 1. The third-order valence-electron chi connectivity index (χ3n) is 3.20. The molecule has 1 N–H and O–H groups in total. The fourth-order valence-corrected chi connectivity index (χ4v) is 3.44. The molecule has 1 atom stereocenters. The zero-order valence-corrected chi connectivity index (χ0v) is 11.5. The van der Waals surface area contributed by atoms with Gasteiger partial charge in [-0.2, -0.15) is 5.10 Å². The third kappa shape index (κ3) is 3.03. The van der Waals surface area contributed by atoms with Crippen molar-refractivity contribution in [3.05, 3.63) is 12.3 Å². The van der Waals surface area contributed by atoms with Crippen LogP contribution in [0.25, 0.3) is 0 Å². The molecule has 4 nitrogen and oxygen atoms in total. The Morgan fingerprint density at radius 1 is 1.53 bits per heavy atom. The van der Waals surface area contributed by atoms with E-state index in [1.807, 2.05) is 31.1 Å². The number of hydrogen-bond donors (Lipinski definition) is 1. The van der Waals surface area contributed by atoms with Crippen LogP contribution < -0.4 is 5.32 Å². The predicted molar refractivity (Wildman–Crippen MR) is 74.6 cm³/mol. The van der Waals surface area contributed by atoms with Crippen molar-refractivity contribution in [2.24, 2.45) is 18.0 Å². The highest BCUT2D eigenvalue weighted by Crippen LogP contribution is 2.31. The van der Waals surface area contributed by atoms with Crippen LogP contribution >= 0.6 is 11.8 Å². The zero-order valence-electron chi connectivity index (χ0n) is 10.7. The normalized spacial score (nSPS) is 19.8. The van der Waals surface area contributed by atoms with Crippen molar-refractivity contribution in [3.8, 4) is 0 Å². The monoisotopic (exact) mass is 252 g/mol. The maximum atomic E-state index is 4.56. The average Bonchev–Trinajstić information content (AvgIpc) is 2.91. The fourth-order valence-electron chi connectivity index (χ4n) is 2.11. The first-order valence-corrected chi connectivity index (χ1v) is 7.08. The molecular formula is C12H20N4S. The minimum absolute atomic E-state index is 0.635. The number of hydrogen-bond acceptors (Lipinski definition) is 4. The van der Waals surface area contributed by atoms with E-state index in [0.29, 0.717) is 5.25 Å². The Labute approximate surface area is 107 Å². The SMILES string of the molecule is CCC(CC)C1CN=C(Nc2ccn(C)n2)S1. The Bertz CT molecular complexity index is 395. The van der Waals surface area contributed by atoms with E-state index in [9.17, 15) is 0 Å². The van der Waals surface area contributed by atoms with E-state index in [4.69, 9.17) is 0 Å². The Balaban J connectivity index is 1.89. The molecular weight excluding hydrogens is 232 g/mol. The number of nitrogens with zero attached hydrogens (tertiary/aromatic N) is 3. The van der Waals surface area contributed by atoms with Gasteiger partial charge in [0, 0.05) is 24.6 Å². The summed E-state index contributed by atoms with van der Waals surface area (Å²) < 4.78 is 1.79. The molecule has 0 saturated carbocycles. The van der Waals surface area contributed by atoms with Crippen molar-refractivity contribution < 1.29 is 0 Å². The molecule has 17 heavy (non-hydrogen) atoms. The molecule has 0 saturated heterocycles. The number of thioether (sulfide) groups is 1. The van der Waals surface area contributed by atoms with Crippen molar-refractivity contribution in [3.63, 3.8) is 0 Å². The summed E-state index contributed by atoms with van der Waals surface area (Å²) in [7, 11) is 1.92. The minimum atomic E-state index is 0.635. The molecule has 0 fully saturated rings. The lowest BCUT2D eigenvalue weighted by atomic mass is 9.99. The second-order valence-corrected chi connectivity index (χ2v) is 5.61.